The Morgan fingerprint density at radius 3 is 2.90 bits per heavy atom. The van der Waals surface area contributed by atoms with Gasteiger partial charge in [-0.05, 0) is 18.6 Å². The number of nitrogens with two attached hydrogens (primary N) is 1. The molecule has 0 saturated carbocycles. The second kappa shape index (κ2) is 7.59. The summed E-state index contributed by atoms with van der Waals surface area (Å²) in [4.78, 5) is 12.6. The second-order valence-corrected chi connectivity index (χ2v) is 4.47. The highest BCUT2D eigenvalue weighted by Crippen LogP contribution is 2.19. The fourth-order valence-corrected chi connectivity index (χ4v) is 1.94. The number of hydrogen-bond acceptors (Lipinski definition) is 6. The zero-order chi connectivity index (χ0) is 13.7. The number of nitrogen functional groups attached to an aromatic ring is 1. The van der Waals surface area contributed by atoms with Gasteiger partial charge in [-0.2, -0.15) is 4.98 Å². The molecule has 1 atom stereocenters. The van der Waals surface area contributed by atoms with E-state index < -0.39 is 0 Å². The van der Waals surface area contributed by atoms with E-state index in [1.807, 2.05) is 6.07 Å². The molecular formula is C14H23N5O. The minimum atomic E-state index is -0.0422. The standard InChI is InChI=1S/C13H19N5O.CH4/c1-2-3-5-9(8-19)16-12-11-10(6-4-7-15-11)17-13(14)18-12;/h4,6-7,9,19H,2-3,5,8H2,1H3,(H3,14,16,17,18);1H4/t9-;/m1./s1. The summed E-state index contributed by atoms with van der Waals surface area (Å²) < 4.78 is 0. The van der Waals surface area contributed by atoms with Gasteiger partial charge in [0.2, 0.25) is 5.95 Å². The van der Waals surface area contributed by atoms with E-state index >= 15 is 0 Å². The van der Waals surface area contributed by atoms with Gasteiger partial charge < -0.3 is 16.2 Å². The molecule has 6 nitrogen and oxygen atoms in total. The van der Waals surface area contributed by atoms with Gasteiger partial charge in [-0.25, -0.2) is 4.98 Å². The summed E-state index contributed by atoms with van der Waals surface area (Å²) in [6.45, 7) is 2.17. The molecule has 2 heterocycles. The summed E-state index contributed by atoms with van der Waals surface area (Å²) >= 11 is 0. The Morgan fingerprint density at radius 1 is 1.40 bits per heavy atom. The monoisotopic (exact) mass is 277 g/mol. The van der Waals surface area contributed by atoms with E-state index in [1.165, 1.54) is 0 Å². The van der Waals surface area contributed by atoms with Crippen molar-refractivity contribution in [3.05, 3.63) is 18.3 Å². The third kappa shape index (κ3) is 3.77. The molecule has 0 saturated heterocycles. The molecule has 0 aliphatic rings. The first-order valence-electron chi connectivity index (χ1n) is 6.50. The highest BCUT2D eigenvalue weighted by molar-refractivity contribution is 5.85. The van der Waals surface area contributed by atoms with Crippen molar-refractivity contribution < 1.29 is 5.11 Å². The van der Waals surface area contributed by atoms with Crippen molar-refractivity contribution in [3.8, 4) is 0 Å². The molecule has 20 heavy (non-hydrogen) atoms. The molecule has 0 aliphatic heterocycles. The first kappa shape index (κ1) is 16.1. The molecule has 2 aromatic rings. The van der Waals surface area contributed by atoms with Crippen LogP contribution in [0.1, 0.15) is 33.6 Å². The molecule has 6 heteroatoms. The minimum absolute atomic E-state index is 0. The van der Waals surface area contributed by atoms with Crippen molar-refractivity contribution in [1.29, 1.82) is 0 Å². The van der Waals surface area contributed by atoms with Gasteiger partial charge in [0.25, 0.3) is 0 Å². The number of aliphatic hydroxyl groups excluding tert-OH is 1. The van der Waals surface area contributed by atoms with Gasteiger partial charge in [-0.1, -0.05) is 27.2 Å². The molecule has 0 aromatic carbocycles. The first-order chi connectivity index (χ1) is 9.24. The Labute approximate surface area is 119 Å². The van der Waals surface area contributed by atoms with Gasteiger partial charge in [-0.15, -0.1) is 0 Å². The smallest absolute Gasteiger partial charge is 0.222 e. The maximum absolute atomic E-state index is 9.40. The lowest BCUT2D eigenvalue weighted by Gasteiger charge is -2.17. The molecule has 0 radical (unpaired) electrons. The van der Waals surface area contributed by atoms with Crippen LogP contribution in [0.2, 0.25) is 0 Å². The van der Waals surface area contributed by atoms with E-state index in [0.717, 1.165) is 19.3 Å². The van der Waals surface area contributed by atoms with E-state index in [2.05, 4.69) is 27.2 Å². The van der Waals surface area contributed by atoms with Crippen molar-refractivity contribution in [2.75, 3.05) is 17.7 Å². The minimum Gasteiger partial charge on any atom is -0.394 e. The van der Waals surface area contributed by atoms with Crippen LogP contribution in [-0.2, 0) is 0 Å². The molecule has 2 aromatic heterocycles. The van der Waals surface area contributed by atoms with Crippen molar-refractivity contribution in [2.45, 2.75) is 39.7 Å². The molecule has 0 amide bonds. The number of pyridine rings is 1. The zero-order valence-corrected chi connectivity index (χ0v) is 11.0. The fourth-order valence-electron chi connectivity index (χ4n) is 1.94. The molecule has 2 rings (SSSR count). The van der Waals surface area contributed by atoms with Crippen molar-refractivity contribution in [1.82, 2.24) is 15.0 Å². The third-order valence-corrected chi connectivity index (χ3v) is 2.94. The SMILES string of the molecule is C.CCCC[C@H](CO)Nc1nc(N)nc2cccnc12. The fraction of sp³-hybridized carbons (Fsp3) is 0.500. The molecule has 0 spiro atoms. The largest absolute Gasteiger partial charge is 0.394 e. The lowest BCUT2D eigenvalue weighted by Crippen LogP contribution is -2.24. The van der Waals surface area contributed by atoms with Gasteiger partial charge in [0.15, 0.2) is 5.82 Å². The van der Waals surface area contributed by atoms with E-state index in [0.29, 0.717) is 16.9 Å². The summed E-state index contributed by atoms with van der Waals surface area (Å²) in [5, 5.41) is 12.6. The number of nitrogens with one attached hydrogen (secondary N) is 1. The van der Waals surface area contributed by atoms with Gasteiger partial charge in [0.1, 0.15) is 5.52 Å². The van der Waals surface area contributed by atoms with Crippen LogP contribution in [0, 0.1) is 0 Å². The first-order valence-corrected chi connectivity index (χ1v) is 6.50. The van der Waals surface area contributed by atoms with Crippen molar-refractivity contribution >= 4 is 22.8 Å². The zero-order valence-electron chi connectivity index (χ0n) is 11.0. The molecule has 4 N–H and O–H groups in total. The van der Waals surface area contributed by atoms with Gasteiger partial charge in [-0.3, -0.25) is 4.98 Å². The summed E-state index contributed by atoms with van der Waals surface area (Å²) in [5.41, 5.74) is 7.06. The maximum atomic E-state index is 9.40. The van der Waals surface area contributed by atoms with E-state index in [1.54, 1.807) is 12.3 Å². The number of nitrogens with zero attached hydrogens (tertiary/aromatic N) is 3. The van der Waals surface area contributed by atoms with Gasteiger partial charge in [0.05, 0.1) is 18.2 Å². The predicted octanol–water partition coefficient (Wildman–Crippen LogP) is 2.21. The maximum Gasteiger partial charge on any atom is 0.222 e. The number of unbranched alkanes of at least 4 members (excludes halogenated alkanes) is 1. The number of anilines is 2. The van der Waals surface area contributed by atoms with Crippen LogP contribution in [0.3, 0.4) is 0 Å². The molecule has 0 fully saturated rings. The number of hydrogen-bond donors (Lipinski definition) is 3. The Kier molecular flexibility index (Phi) is 6.11. The normalized spacial score (nSPS) is 11.9. The lowest BCUT2D eigenvalue weighted by atomic mass is 10.1. The van der Waals surface area contributed by atoms with Crippen LogP contribution in [0.25, 0.3) is 11.0 Å². The number of aliphatic hydroxyl groups is 1. The Hall–Kier alpha value is -1.95. The Bertz CT molecular complexity index is 546. The van der Waals surface area contributed by atoms with E-state index in [-0.39, 0.29) is 26.0 Å². The second-order valence-electron chi connectivity index (χ2n) is 4.47. The average molecular weight is 277 g/mol. The highest BCUT2D eigenvalue weighted by atomic mass is 16.3. The van der Waals surface area contributed by atoms with Crippen LogP contribution in [0.4, 0.5) is 11.8 Å². The van der Waals surface area contributed by atoms with Crippen LogP contribution >= 0.6 is 0 Å². The van der Waals surface area contributed by atoms with Crippen LogP contribution in [-0.4, -0.2) is 32.7 Å². The molecule has 0 aliphatic carbocycles. The molecule has 0 bridgehead atoms. The highest BCUT2D eigenvalue weighted by Gasteiger charge is 2.12. The average Bonchev–Trinajstić information content (AvgIpc) is 2.43. The van der Waals surface area contributed by atoms with Gasteiger partial charge >= 0.3 is 0 Å². The third-order valence-electron chi connectivity index (χ3n) is 2.94. The van der Waals surface area contributed by atoms with Crippen LogP contribution < -0.4 is 11.1 Å². The summed E-state index contributed by atoms with van der Waals surface area (Å²) in [5.74, 6) is 0.786. The quantitative estimate of drug-likeness (QED) is 0.749. The van der Waals surface area contributed by atoms with Crippen molar-refractivity contribution in [2.24, 2.45) is 0 Å². The van der Waals surface area contributed by atoms with Gasteiger partial charge in [0, 0.05) is 6.20 Å². The lowest BCUT2D eigenvalue weighted by molar-refractivity contribution is 0.267. The topological polar surface area (TPSA) is 97.0 Å². The molecule has 110 valence electrons. The predicted molar refractivity (Wildman–Crippen MR) is 82.5 cm³/mol. The Balaban J connectivity index is 0.00000200. The molecule has 0 unspecified atom stereocenters. The number of rotatable bonds is 6. The number of aromatic nitrogens is 3. The van der Waals surface area contributed by atoms with E-state index in [9.17, 15) is 5.11 Å². The number of fused-ring (bicyclic) bond motifs is 1. The molecular weight excluding hydrogens is 254 g/mol. The summed E-state index contributed by atoms with van der Waals surface area (Å²) in [7, 11) is 0. The van der Waals surface area contributed by atoms with Crippen molar-refractivity contribution in [3.63, 3.8) is 0 Å². The summed E-state index contributed by atoms with van der Waals surface area (Å²) in [6, 6.07) is 3.60. The van der Waals surface area contributed by atoms with E-state index in [4.69, 9.17) is 5.73 Å². The van der Waals surface area contributed by atoms with Crippen LogP contribution in [0.15, 0.2) is 18.3 Å². The van der Waals surface area contributed by atoms with Crippen LogP contribution in [0.5, 0.6) is 0 Å². The Morgan fingerprint density at radius 2 is 2.20 bits per heavy atom. The summed E-state index contributed by atoms with van der Waals surface area (Å²) in [6.07, 6.45) is 4.70.